The Morgan fingerprint density at radius 2 is 2.21 bits per heavy atom. The molecule has 1 aliphatic carbocycles. The Morgan fingerprint density at radius 3 is 2.74 bits per heavy atom. The van der Waals surface area contributed by atoms with E-state index in [0.29, 0.717) is 24.4 Å². The second kappa shape index (κ2) is 6.53. The minimum Gasteiger partial charge on any atom is -0.383 e. The molecule has 0 spiro atoms. The van der Waals surface area contributed by atoms with E-state index in [1.165, 1.54) is 12.8 Å². The normalized spacial score (nSPS) is 15.0. The van der Waals surface area contributed by atoms with Crippen LogP contribution in [0.2, 0.25) is 0 Å². The van der Waals surface area contributed by atoms with Gasteiger partial charge in [0.1, 0.15) is 5.82 Å². The van der Waals surface area contributed by atoms with E-state index in [2.05, 4.69) is 28.7 Å². The number of ether oxygens (including phenoxy) is 1. The predicted octanol–water partition coefficient (Wildman–Crippen LogP) is 2.95. The van der Waals surface area contributed by atoms with Crippen molar-refractivity contribution in [1.82, 2.24) is 9.97 Å². The van der Waals surface area contributed by atoms with Gasteiger partial charge in [-0.15, -0.1) is 11.6 Å². The molecule has 0 unspecified atom stereocenters. The molecule has 1 heterocycles. The van der Waals surface area contributed by atoms with Crippen molar-refractivity contribution in [3.05, 3.63) is 17.7 Å². The monoisotopic (exact) mass is 283 g/mol. The number of nitrogens with zero attached hydrogens (tertiary/aromatic N) is 3. The van der Waals surface area contributed by atoms with Crippen molar-refractivity contribution in [3.63, 3.8) is 0 Å². The van der Waals surface area contributed by atoms with Gasteiger partial charge in [-0.2, -0.15) is 0 Å². The average Bonchev–Trinajstić information content (AvgIpc) is 3.23. The number of anilines is 1. The fourth-order valence-corrected chi connectivity index (χ4v) is 2.31. The van der Waals surface area contributed by atoms with Gasteiger partial charge in [-0.1, -0.05) is 13.8 Å². The molecule has 0 radical (unpaired) electrons. The fourth-order valence-electron chi connectivity index (χ4n) is 2.12. The molecule has 1 aliphatic rings. The van der Waals surface area contributed by atoms with Crippen LogP contribution in [0.5, 0.6) is 0 Å². The van der Waals surface area contributed by atoms with Crippen molar-refractivity contribution in [2.75, 3.05) is 25.2 Å². The molecule has 1 aromatic rings. The maximum Gasteiger partial charge on any atom is 0.131 e. The van der Waals surface area contributed by atoms with Crippen molar-refractivity contribution in [1.29, 1.82) is 0 Å². The van der Waals surface area contributed by atoms with Gasteiger partial charge < -0.3 is 9.64 Å². The zero-order valence-electron chi connectivity index (χ0n) is 11.9. The Morgan fingerprint density at radius 1 is 1.47 bits per heavy atom. The molecule has 0 atom stereocenters. The summed E-state index contributed by atoms with van der Waals surface area (Å²) in [6, 6.07) is 0.602. The number of rotatable bonds is 7. The number of halogens is 1. The lowest BCUT2D eigenvalue weighted by Crippen LogP contribution is -2.31. The van der Waals surface area contributed by atoms with E-state index in [9.17, 15) is 0 Å². The summed E-state index contributed by atoms with van der Waals surface area (Å²) < 4.78 is 5.19. The average molecular weight is 284 g/mol. The van der Waals surface area contributed by atoms with Crippen LogP contribution >= 0.6 is 11.6 Å². The van der Waals surface area contributed by atoms with Gasteiger partial charge >= 0.3 is 0 Å². The highest BCUT2D eigenvalue weighted by molar-refractivity contribution is 6.17. The molecule has 19 heavy (non-hydrogen) atoms. The summed E-state index contributed by atoms with van der Waals surface area (Å²) in [5, 5.41) is 0. The van der Waals surface area contributed by atoms with Crippen LogP contribution in [0.3, 0.4) is 0 Å². The summed E-state index contributed by atoms with van der Waals surface area (Å²) in [4.78, 5) is 11.4. The molecular formula is C14H22ClN3O. The maximum atomic E-state index is 6.06. The molecule has 0 aromatic carbocycles. The summed E-state index contributed by atoms with van der Waals surface area (Å²) in [6.07, 6.45) is 4.39. The first kappa shape index (κ1) is 14.5. The first-order valence-corrected chi connectivity index (χ1v) is 7.38. The molecule has 0 N–H and O–H groups in total. The maximum absolute atomic E-state index is 6.06. The topological polar surface area (TPSA) is 38.2 Å². The molecule has 1 saturated carbocycles. The van der Waals surface area contributed by atoms with Crippen LogP contribution in [0.25, 0.3) is 0 Å². The number of methoxy groups -OCH3 is 1. The standard InChI is InChI=1S/C14H22ClN3O/c1-10(2)14-16-9-13(12(8-15)17-14)18(6-7-19-3)11-4-5-11/h9-11H,4-8H2,1-3H3. The summed E-state index contributed by atoms with van der Waals surface area (Å²) in [6.45, 7) is 5.77. The highest BCUT2D eigenvalue weighted by Crippen LogP contribution is 2.33. The Kier molecular flexibility index (Phi) is 4.99. The van der Waals surface area contributed by atoms with Crippen molar-refractivity contribution >= 4 is 17.3 Å². The number of hydrogen-bond donors (Lipinski definition) is 0. The molecule has 0 saturated heterocycles. The van der Waals surface area contributed by atoms with E-state index < -0.39 is 0 Å². The SMILES string of the molecule is COCCN(c1cnc(C(C)C)nc1CCl)C1CC1. The van der Waals surface area contributed by atoms with E-state index in [4.69, 9.17) is 16.3 Å². The van der Waals surface area contributed by atoms with Gasteiger partial charge in [0.2, 0.25) is 0 Å². The van der Waals surface area contributed by atoms with Crippen LogP contribution in [0, 0.1) is 0 Å². The van der Waals surface area contributed by atoms with E-state index >= 15 is 0 Å². The zero-order valence-corrected chi connectivity index (χ0v) is 12.7. The fraction of sp³-hybridized carbons (Fsp3) is 0.714. The molecule has 5 heteroatoms. The first-order valence-electron chi connectivity index (χ1n) is 6.84. The summed E-state index contributed by atoms with van der Waals surface area (Å²) >= 11 is 6.06. The zero-order chi connectivity index (χ0) is 13.8. The minimum absolute atomic E-state index is 0.323. The molecule has 0 amide bonds. The highest BCUT2D eigenvalue weighted by atomic mass is 35.5. The van der Waals surface area contributed by atoms with Crippen LogP contribution in [0.4, 0.5) is 5.69 Å². The third kappa shape index (κ3) is 3.57. The number of alkyl halides is 1. The van der Waals surface area contributed by atoms with Gasteiger partial charge in [-0.25, -0.2) is 9.97 Å². The summed E-state index contributed by atoms with van der Waals surface area (Å²) in [7, 11) is 1.73. The lowest BCUT2D eigenvalue weighted by Gasteiger charge is -2.26. The van der Waals surface area contributed by atoms with Crippen LogP contribution in [0.15, 0.2) is 6.20 Å². The lowest BCUT2D eigenvalue weighted by atomic mass is 10.2. The Bertz CT molecular complexity index is 421. The van der Waals surface area contributed by atoms with Gasteiger partial charge in [0.25, 0.3) is 0 Å². The lowest BCUT2D eigenvalue weighted by molar-refractivity contribution is 0.205. The van der Waals surface area contributed by atoms with E-state index in [-0.39, 0.29) is 0 Å². The highest BCUT2D eigenvalue weighted by Gasteiger charge is 2.30. The second-order valence-corrected chi connectivity index (χ2v) is 5.53. The molecule has 106 valence electrons. The molecule has 0 bridgehead atoms. The molecule has 0 aliphatic heterocycles. The Hall–Kier alpha value is -0.870. The third-order valence-corrected chi connectivity index (χ3v) is 3.59. The van der Waals surface area contributed by atoms with E-state index in [0.717, 1.165) is 23.8 Å². The number of aromatic nitrogens is 2. The van der Waals surface area contributed by atoms with Crippen molar-refractivity contribution < 1.29 is 4.74 Å². The smallest absolute Gasteiger partial charge is 0.131 e. The third-order valence-electron chi connectivity index (χ3n) is 3.34. The molecule has 1 fully saturated rings. The Balaban J connectivity index is 2.25. The van der Waals surface area contributed by atoms with Crippen LogP contribution < -0.4 is 4.90 Å². The summed E-state index contributed by atoms with van der Waals surface area (Å²) in [5.41, 5.74) is 2.00. The van der Waals surface area contributed by atoms with Gasteiger partial charge in [-0.3, -0.25) is 0 Å². The quantitative estimate of drug-likeness (QED) is 0.721. The second-order valence-electron chi connectivity index (χ2n) is 5.27. The van der Waals surface area contributed by atoms with Crippen LogP contribution in [-0.2, 0) is 10.6 Å². The van der Waals surface area contributed by atoms with E-state index in [1.807, 2.05) is 6.20 Å². The van der Waals surface area contributed by atoms with Gasteiger partial charge in [-0.05, 0) is 12.8 Å². The summed E-state index contributed by atoms with van der Waals surface area (Å²) in [5.74, 6) is 1.61. The molecular weight excluding hydrogens is 262 g/mol. The predicted molar refractivity (Wildman–Crippen MR) is 77.9 cm³/mol. The number of hydrogen-bond acceptors (Lipinski definition) is 4. The van der Waals surface area contributed by atoms with Crippen LogP contribution in [-0.4, -0.2) is 36.3 Å². The molecule has 2 rings (SSSR count). The largest absolute Gasteiger partial charge is 0.383 e. The van der Waals surface area contributed by atoms with Gasteiger partial charge in [0.15, 0.2) is 0 Å². The molecule has 1 aromatic heterocycles. The van der Waals surface area contributed by atoms with Gasteiger partial charge in [0.05, 0.1) is 30.1 Å². The van der Waals surface area contributed by atoms with E-state index in [1.54, 1.807) is 7.11 Å². The van der Waals surface area contributed by atoms with Crippen LogP contribution in [0.1, 0.15) is 44.1 Å². The van der Waals surface area contributed by atoms with Gasteiger partial charge in [0, 0.05) is 25.6 Å². The van der Waals surface area contributed by atoms with Crippen molar-refractivity contribution in [2.45, 2.75) is 44.5 Å². The van der Waals surface area contributed by atoms with Crippen molar-refractivity contribution in [2.24, 2.45) is 0 Å². The first-order chi connectivity index (χ1) is 9.17. The molecule has 4 nitrogen and oxygen atoms in total. The minimum atomic E-state index is 0.323. The Labute approximate surface area is 120 Å². The van der Waals surface area contributed by atoms with Crippen molar-refractivity contribution in [3.8, 4) is 0 Å².